The first kappa shape index (κ1) is 12.3. The molecular weight excluding hydrogens is 221 g/mol. The molecule has 0 bridgehead atoms. The Kier molecular flexibility index (Phi) is 3.35. The minimum atomic E-state index is -0.696. The number of ether oxygens (including phenoxy) is 1. The molecule has 0 saturated heterocycles. The van der Waals surface area contributed by atoms with E-state index in [9.17, 15) is 9.50 Å². The summed E-state index contributed by atoms with van der Waals surface area (Å²) >= 11 is 0. The van der Waals surface area contributed by atoms with Crippen molar-refractivity contribution in [2.75, 3.05) is 13.2 Å². The van der Waals surface area contributed by atoms with Crippen molar-refractivity contribution in [3.8, 4) is 5.75 Å². The van der Waals surface area contributed by atoms with E-state index in [4.69, 9.17) is 10.5 Å². The van der Waals surface area contributed by atoms with Gasteiger partial charge in [0.25, 0.3) is 0 Å². The lowest BCUT2D eigenvalue weighted by Crippen LogP contribution is -2.51. The minimum Gasteiger partial charge on any atom is -0.491 e. The van der Waals surface area contributed by atoms with Crippen LogP contribution in [0.2, 0.25) is 0 Å². The zero-order valence-corrected chi connectivity index (χ0v) is 9.95. The molecular formula is C13H18FNO2. The first-order chi connectivity index (χ1) is 8.05. The fourth-order valence-electron chi connectivity index (χ4n) is 1.89. The van der Waals surface area contributed by atoms with Crippen molar-refractivity contribution in [1.29, 1.82) is 0 Å². The van der Waals surface area contributed by atoms with Crippen LogP contribution in [0.25, 0.3) is 0 Å². The predicted octanol–water partition coefficient (Wildman–Crippen LogP) is 1.61. The second-order valence-electron chi connectivity index (χ2n) is 4.86. The van der Waals surface area contributed by atoms with Gasteiger partial charge in [0.05, 0.1) is 12.1 Å². The maximum atomic E-state index is 13.1. The number of aryl methyl sites for hydroxylation is 1. The van der Waals surface area contributed by atoms with Crippen LogP contribution in [0.5, 0.6) is 5.75 Å². The molecule has 1 fully saturated rings. The normalized spacial score (nSPS) is 18.8. The van der Waals surface area contributed by atoms with Crippen molar-refractivity contribution in [3.63, 3.8) is 0 Å². The highest BCUT2D eigenvalue weighted by Gasteiger charge is 2.42. The molecule has 3 N–H and O–H groups in total. The Labute approximate surface area is 100 Å². The van der Waals surface area contributed by atoms with Crippen molar-refractivity contribution < 1.29 is 14.2 Å². The van der Waals surface area contributed by atoms with Gasteiger partial charge >= 0.3 is 0 Å². The molecule has 1 unspecified atom stereocenters. The molecule has 4 heteroatoms. The van der Waals surface area contributed by atoms with Crippen molar-refractivity contribution in [2.45, 2.75) is 25.3 Å². The van der Waals surface area contributed by atoms with E-state index in [1.54, 1.807) is 6.07 Å². The molecule has 0 spiro atoms. The molecule has 1 saturated carbocycles. The van der Waals surface area contributed by atoms with Crippen LogP contribution < -0.4 is 10.5 Å². The molecule has 0 radical (unpaired) electrons. The molecule has 1 aliphatic carbocycles. The van der Waals surface area contributed by atoms with Gasteiger partial charge in [-0.05, 0) is 37.3 Å². The summed E-state index contributed by atoms with van der Waals surface area (Å²) in [5.74, 6) is 0.485. The molecule has 0 aliphatic heterocycles. The van der Waals surface area contributed by atoms with E-state index < -0.39 is 5.54 Å². The lowest BCUT2D eigenvalue weighted by atomic mass is 9.97. The van der Waals surface area contributed by atoms with E-state index in [0.717, 1.165) is 18.4 Å². The number of halogens is 1. The van der Waals surface area contributed by atoms with Crippen LogP contribution in [0.15, 0.2) is 18.2 Å². The molecule has 1 aliphatic rings. The Hall–Kier alpha value is -1.13. The van der Waals surface area contributed by atoms with Crippen LogP contribution >= 0.6 is 0 Å². The van der Waals surface area contributed by atoms with Crippen LogP contribution in [0.4, 0.5) is 4.39 Å². The highest BCUT2D eigenvalue weighted by atomic mass is 19.1. The molecule has 0 amide bonds. The van der Waals surface area contributed by atoms with Gasteiger partial charge in [-0.15, -0.1) is 0 Å². The molecule has 1 aromatic carbocycles. The van der Waals surface area contributed by atoms with Gasteiger partial charge in [-0.3, -0.25) is 0 Å². The van der Waals surface area contributed by atoms with Crippen LogP contribution in [0.1, 0.15) is 18.4 Å². The van der Waals surface area contributed by atoms with Gasteiger partial charge in [-0.2, -0.15) is 0 Å². The van der Waals surface area contributed by atoms with Crippen molar-refractivity contribution in [2.24, 2.45) is 11.7 Å². The third-order valence-electron chi connectivity index (χ3n) is 3.33. The van der Waals surface area contributed by atoms with Crippen LogP contribution in [0, 0.1) is 18.7 Å². The maximum absolute atomic E-state index is 13.1. The molecule has 3 nitrogen and oxygen atoms in total. The van der Waals surface area contributed by atoms with Gasteiger partial charge in [0.2, 0.25) is 0 Å². The van der Waals surface area contributed by atoms with E-state index in [1.807, 2.05) is 6.92 Å². The van der Waals surface area contributed by atoms with Gasteiger partial charge in [0, 0.05) is 6.07 Å². The summed E-state index contributed by atoms with van der Waals surface area (Å²) in [4.78, 5) is 0. The second-order valence-corrected chi connectivity index (χ2v) is 4.86. The Morgan fingerprint density at radius 1 is 1.53 bits per heavy atom. The van der Waals surface area contributed by atoms with Crippen molar-refractivity contribution in [1.82, 2.24) is 0 Å². The number of rotatable bonds is 5. The number of hydrogen-bond acceptors (Lipinski definition) is 3. The van der Waals surface area contributed by atoms with Crippen molar-refractivity contribution in [3.05, 3.63) is 29.6 Å². The van der Waals surface area contributed by atoms with Crippen LogP contribution in [-0.4, -0.2) is 23.9 Å². The Morgan fingerprint density at radius 2 is 2.24 bits per heavy atom. The van der Waals surface area contributed by atoms with Gasteiger partial charge in [-0.1, -0.05) is 6.07 Å². The zero-order chi connectivity index (χ0) is 12.5. The quantitative estimate of drug-likeness (QED) is 0.820. The lowest BCUT2D eigenvalue weighted by Gasteiger charge is -2.27. The smallest absolute Gasteiger partial charge is 0.126 e. The first-order valence-corrected chi connectivity index (χ1v) is 5.84. The van der Waals surface area contributed by atoms with E-state index in [0.29, 0.717) is 11.7 Å². The van der Waals surface area contributed by atoms with E-state index >= 15 is 0 Å². The standard InChI is InChI=1S/C13H18FNO2/c1-9-2-5-11(14)6-12(9)17-8-13(15,7-16)10-3-4-10/h2,5-6,10,16H,3-4,7-8,15H2,1H3. The molecule has 0 heterocycles. The van der Waals surface area contributed by atoms with Gasteiger partial charge in [0.1, 0.15) is 18.2 Å². The molecule has 2 rings (SSSR count). The van der Waals surface area contributed by atoms with Crippen LogP contribution in [0.3, 0.4) is 0 Å². The average molecular weight is 239 g/mol. The monoisotopic (exact) mass is 239 g/mol. The summed E-state index contributed by atoms with van der Waals surface area (Å²) in [5.41, 5.74) is 6.24. The average Bonchev–Trinajstić information content (AvgIpc) is 3.14. The SMILES string of the molecule is Cc1ccc(F)cc1OCC(N)(CO)C1CC1. The summed E-state index contributed by atoms with van der Waals surface area (Å²) in [7, 11) is 0. The summed E-state index contributed by atoms with van der Waals surface area (Å²) in [5, 5.41) is 9.32. The number of benzene rings is 1. The second kappa shape index (κ2) is 4.63. The number of aliphatic hydroxyl groups is 1. The third-order valence-corrected chi connectivity index (χ3v) is 3.33. The molecule has 0 aromatic heterocycles. The van der Waals surface area contributed by atoms with E-state index in [1.165, 1.54) is 12.1 Å². The molecule has 1 aromatic rings. The highest BCUT2D eigenvalue weighted by Crippen LogP contribution is 2.38. The molecule has 94 valence electrons. The summed E-state index contributed by atoms with van der Waals surface area (Å²) in [6.07, 6.45) is 2.06. The maximum Gasteiger partial charge on any atom is 0.126 e. The molecule has 17 heavy (non-hydrogen) atoms. The largest absolute Gasteiger partial charge is 0.491 e. The fraction of sp³-hybridized carbons (Fsp3) is 0.538. The number of nitrogens with two attached hydrogens (primary N) is 1. The van der Waals surface area contributed by atoms with Gasteiger partial charge in [-0.25, -0.2) is 4.39 Å². The Morgan fingerprint density at radius 3 is 2.82 bits per heavy atom. The van der Waals surface area contributed by atoms with Gasteiger partial charge < -0.3 is 15.6 Å². The highest BCUT2D eigenvalue weighted by molar-refractivity contribution is 5.32. The Bertz CT molecular complexity index is 406. The van der Waals surface area contributed by atoms with Crippen LogP contribution in [-0.2, 0) is 0 Å². The summed E-state index contributed by atoms with van der Waals surface area (Å²) < 4.78 is 18.6. The predicted molar refractivity (Wildman–Crippen MR) is 63.4 cm³/mol. The lowest BCUT2D eigenvalue weighted by molar-refractivity contribution is 0.116. The van der Waals surface area contributed by atoms with E-state index in [2.05, 4.69) is 0 Å². The topological polar surface area (TPSA) is 55.5 Å². The first-order valence-electron chi connectivity index (χ1n) is 5.84. The third kappa shape index (κ3) is 2.76. The summed E-state index contributed by atoms with van der Waals surface area (Å²) in [6.45, 7) is 1.97. The summed E-state index contributed by atoms with van der Waals surface area (Å²) in [6, 6.07) is 4.41. The van der Waals surface area contributed by atoms with Crippen molar-refractivity contribution >= 4 is 0 Å². The Balaban J connectivity index is 2.03. The minimum absolute atomic E-state index is 0.105. The fourth-order valence-corrected chi connectivity index (χ4v) is 1.89. The van der Waals surface area contributed by atoms with E-state index in [-0.39, 0.29) is 19.0 Å². The zero-order valence-electron chi connectivity index (χ0n) is 9.95. The number of hydrogen-bond donors (Lipinski definition) is 2. The number of aliphatic hydroxyl groups excluding tert-OH is 1. The molecule has 1 atom stereocenters. The van der Waals surface area contributed by atoms with Gasteiger partial charge in [0.15, 0.2) is 0 Å².